The van der Waals surface area contributed by atoms with Crippen LogP contribution in [0.2, 0.25) is 0 Å². The molecule has 4 nitrogen and oxygen atoms in total. The van der Waals surface area contributed by atoms with Crippen LogP contribution >= 0.6 is 0 Å². The predicted octanol–water partition coefficient (Wildman–Crippen LogP) is 3.69. The number of benzene rings is 2. The van der Waals surface area contributed by atoms with Gasteiger partial charge in [-0.05, 0) is 36.8 Å². The lowest BCUT2D eigenvalue weighted by atomic mass is 10.1. The van der Waals surface area contributed by atoms with Crippen LogP contribution in [0, 0.1) is 18.6 Å². The molecule has 1 aliphatic heterocycles. The molecule has 0 radical (unpaired) electrons. The van der Waals surface area contributed by atoms with Gasteiger partial charge in [0, 0.05) is 23.7 Å². The van der Waals surface area contributed by atoms with Gasteiger partial charge in [0.05, 0.1) is 13.2 Å². The Labute approximate surface area is 132 Å². The number of amides is 1. The average molecular weight is 319 g/mol. The molecular formula is C17H15F2NO3. The molecule has 0 atom stereocenters. The number of ether oxygens (including phenoxy) is 2. The second kappa shape index (κ2) is 6.24. The molecule has 0 bridgehead atoms. The van der Waals surface area contributed by atoms with E-state index in [-0.39, 0.29) is 5.69 Å². The monoisotopic (exact) mass is 319 g/mol. The highest BCUT2D eigenvalue weighted by Crippen LogP contribution is 2.33. The number of rotatable bonds is 2. The van der Waals surface area contributed by atoms with E-state index in [9.17, 15) is 13.6 Å². The molecule has 0 saturated heterocycles. The van der Waals surface area contributed by atoms with Gasteiger partial charge in [-0.1, -0.05) is 0 Å². The van der Waals surface area contributed by atoms with Crippen molar-refractivity contribution in [3.63, 3.8) is 0 Å². The van der Waals surface area contributed by atoms with Gasteiger partial charge in [-0.15, -0.1) is 0 Å². The van der Waals surface area contributed by atoms with Crippen LogP contribution in [0.25, 0.3) is 0 Å². The maximum absolute atomic E-state index is 13.2. The predicted molar refractivity (Wildman–Crippen MR) is 81.1 cm³/mol. The number of hydrogen-bond acceptors (Lipinski definition) is 3. The number of anilines is 1. The van der Waals surface area contributed by atoms with Gasteiger partial charge in [-0.2, -0.15) is 0 Å². The highest BCUT2D eigenvalue weighted by Gasteiger charge is 2.17. The van der Waals surface area contributed by atoms with Crippen molar-refractivity contribution in [2.75, 3.05) is 18.5 Å². The summed E-state index contributed by atoms with van der Waals surface area (Å²) in [4.78, 5) is 12.4. The summed E-state index contributed by atoms with van der Waals surface area (Å²) in [6, 6.07) is 6.54. The van der Waals surface area contributed by atoms with Gasteiger partial charge in [0.1, 0.15) is 0 Å². The number of halogens is 2. The van der Waals surface area contributed by atoms with Crippen LogP contribution in [0.3, 0.4) is 0 Å². The Balaban J connectivity index is 1.87. The molecule has 0 unspecified atom stereocenters. The first-order chi connectivity index (χ1) is 11.0. The van der Waals surface area contributed by atoms with Gasteiger partial charge in [-0.25, -0.2) is 8.78 Å². The van der Waals surface area contributed by atoms with Crippen molar-refractivity contribution in [2.24, 2.45) is 0 Å². The Hall–Kier alpha value is -2.63. The fourth-order valence-electron chi connectivity index (χ4n) is 2.33. The summed E-state index contributed by atoms with van der Waals surface area (Å²) in [5.41, 5.74) is 1.27. The minimum absolute atomic E-state index is 0.181. The summed E-state index contributed by atoms with van der Waals surface area (Å²) < 4.78 is 37.3. The van der Waals surface area contributed by atoms with Gasteiger partial charge in [0.25, 0.3) is 5.91 Å². The van der Waals surface area contributed by atoms with Crippen molar-refractivity contribution in [1.82, 2.24) is 0 Å². The van der Waals surface area contributed by atoms with Crippen molar-refractivity contribution in [2.45, 2.75) is 13.3 Å². The van der Waals surface area contributed by atoms with Crippen molar-refractivity contribution >= 4 is 11.6 Å². The van der Waals surface area contributed by atoms with Gasteiger partial charge in [0.2, 0.25) is 0 Å². The maximum Gasteiger partial charge on any atom is 0.256 e. The van der Waals surface area contributed by atoms with Crippen LogP contribution in [0.4, 0.5) is 14.5 Å². The average Bonchev–Trinajstić information content (AvgIpc) is 2.74. The summed E-state index contributed by atoms with van der Waals surface area (Å²) >= 11 is 0. The zero-order valence-corrected chi connectivity index (χ0v) is 12.5. The number of carbonyl (C=O) groups is 1. The van der Waals surface area contributed by atoms with Crippen LogP contribution in [0.1, 0.15) is 22.3 Å². The van der Waals surface area contributed by atoms with E-state index < -0.39 is 17.5 Å². The van der Waals surface area contributed by atoms with E-state index in [1.54, 1.807) is 19.1 Å². The third-order valence-electron chi connectivity index (χ3n) is 3.52. The molecule has 3 rings (SSSR count). The van der Waals surface area contributed by atoms with E-state index in [2.05, 4.69) is 5.32 Å². The van der Waals surface area contributed by atoms with Crippen LogP contribution < -0.4 is 14.8 Å². The first-order valence-corrected chi connectivity index (χ1v) is 7.21. The fraction of sp³-hybridized carbons (Fsp3) is 0.235. The number of fused-ring (bicyclic) bond motifs is 1. The topological polar surface area (TPSA) is 47.6 Å². The Morgan fingerprint density at radius 2 is 1.74 bits per heavy atom. The van der Waals surface area contributed by atoms with Crippen molar-refractivity contribution in [3.05, 3.63) is 53.1 Å². The summed E-state index contributed by atoms with van der Waals surface area (Å²) in [5, 5.41) is 2.55. The van der Waals surface area contributed by atoms with Gasteiger partial charge in [-0.3, -0.25) is 4.79 Å². The van der Waals surface area contributed by atoms with E-state index >= 15 is 0 Å². The molecule has 0 aliphatic carbocycles. The standard InChI is InChI=1S/C17H15F2NO3/c1-10-7-15-16(23-6-2-5-22-15)9-12(10)17(21)20-11-3-4-13(18)14(19)8-11/h3-4,7-9H,2,5-6H2,1H3,(H,20,21). The van der Waals surface area contributed by atoms with Crippen LogP contribution in [0.15, 0.2) is 30.3 Å². The largest absolute Gasteiger partial charge is 0.490 e. The minimum atomic E-state index is -1.02. The summed E-state index contributed by atoms with van der Waals surface area (Å²) in [6.45, 7) is 2.85. The maximum atomic E-state index is 13.2. The molecule has 2 aromatic carbocycles. The molecule has 1 amide bonds. The molecule has 2 aromatic rings. The molecular weight excluding hydrogens is 304 g/mol. The van der Waals surface area contributed by atoms with Crippen LogP contribution in [0.5, 0.6) is 11.5 Å². The molecule has 120 valence electrons. The van der Waals surface area contributed by atoms with Gasteiger partial charge >= 0.3 is 0 Å². The van der Waals surface area contributed by atoms with Gasteiger partial charge < -0.3 is 14.8 Å². The van der Waals surface area contributed by atoms with E-state index in [0.29, 0.717) is 35.8 Å². The smallest absolute Gasteiger partial charge is 0.256 e. The number of nitrogens with one attached hydrogen (secondary N) is 1. The van der Waals surface area contributed by atoms with E-state index in [1.807, 2.05) is 0 Å². The molecule has 1 heterocycles. The highest BCUT2D eigenvalue weighted by atomic mass is 19.2. The third kappa shape index (κ3) is 3.26. The number of aryl methyl sites for hydroxylation is 1. The molecule has 1 aliphatic rings. The normalized spacial score (nSPS) is 13.3. The molecule has 0 aromatic heterocycles. The number of hydrogen-bond donors (Lipinski definition) is 1. The Morgan fingerprint density at radius 3 is 2.43 bits per heavy atom. The first kappa shape index (κ1) is 15.3. The lowest BCUT2D eigenvalue weighted by Crippen LogP contribution is -2.14. The number of carbonyl (C=O) groups excluding carboxylic acids is 1. The first-order valence-electron chi connectivity index (χ1n) is 7.21. The summed E-state index contributed by atoms with van der Waals surface area (Å²) in [7, 11) is 0. The fourth-order valence-corrected chi connectivity index (χ4v) is 2.33. The highest BCUT2D eigenvalue weighted by molar-refractivity contribution is 6.05. The minimum Gasteiger partial charge on any atom is -0.490 e. The van der Waals surface area contributed by atoms with Gasteiger partial charge in [0.15, 0.2) is 23.1 Å². The SMILES string of the molecule is Cc1cc2c(cc1C(=O)Nc1ccc(F)c(F)c1)OCCCO2. The van der Waals surface area contributed by atoms with E-state index in [1.165, 1.54) is 6.07 Å². The molecule has 23 heavy (non-hydrogen) atoms. The second-order valence-corrected chi connectivity index (χ2v) is 5.25. The Bertz CT molecular complexity index is 762. The summed E-state index contributed by atoms with van der Waals surface area (Å²) in [6.07, 6.45) is 0.768. The van der Waals surface area contributed by atoms with E-state index in [0.717, 1.165) is 18.6 Å². The third-order valence-corrected chi connectivity index (χ3v) is 3.52. The molecule has 1 N–H and O–H groups in total. The molecule has 0 saturated carbocycles. The van der Waals surface area contributed by atoms with Crippen molar-refractivity contribution in [1.29, 1.82) is 0 Å². The second-order valence-electron chi connectivity index (χ2n) is 5.25. The molecule has 6 heteroatoms. The zero-order valence-electron chi connectivity index (χ0n) is 12.5. The summed E-state index contributed by atoms with van der Waals surface area (Å²) in [5.74, 6) is -1.30. The Kier molecular flexibility index (Phi) is 4.14. The van der Waals surface area contributed by atoms with Crippen LogP contribution in [-0.4, -0.2) is 19.1 Å². The molecule has 0 spiro atoms. The van der Waals surface area contributed by atoms with Crippen molar-refractivity contribution in [3.8, 4) is 11.5 Å². The lowest BCUT2D eigenvalue weighted by Gasteiger charge is -2.13. The van der Waals surface area contributed by atoms with Crippen molar-refractivity contribution < 1.29 is 23.0 Å². The Morgan fingerprint density at radius 1 is 1.04 bits per heavy atom. The quantitative estimate of drug-likeness (QED) is 0.918. The van der Waals surface area contributed by atoms with E-state index in [4.69, 9.17) is 9.47 Å². The molecule has 0 fully saturated rings. The zero-order chi connectivity index (χ0) is 16.4. The lowest BCUT2D eigenvalue weighted by molar-refractivity contribution is 0.102. The van der Waals surface area contributed by atoms with Crippen LogP contribution in [-0.2, 0) is 0 Å².